The standard InChI is InChI=1S/C24H28O4/c1-6-13-26-21-10-8-20(9-11-21)24(25)12-7-19-14-22(27-17(2)3)16-23(15-19)28-18(4)5/h6-12,14-18H,1,13H2,2-5H3. The maximum atomic E-state index is 12.5. The zero-order valence-corrected chi connectivity index (χ0v) is 17.0. The Hall–Kier alpha value is -3.01. The molecule has 0 unspecified atom stereocenters. The van der Waals surface area contributed by atoms with Crippen molar-refractivity contribution in [1.82, 2.24) is 0 Å². The van der Waals surface area contributed by atoms with E-state index in [1.54, 1.807) is 42.5 Å². The molecule has 0 aliphatic heterocycles. The van der Waals surface area contributed by atoms with Crippen LogP contribution in [0.1, 0.15) is 43.6 Å². The van der Waals surface area contributed by atoms with E-state index >= 15 is 0 Å². The first-order valence-electron chi connectivity index (χ1n) is 9.42. The van der Waals surface area contributed by atoms with Crippen LogP contribution < -0.4 is 14.2 Å². The fraction of sp³-hybridized carbons (Fsp3) is 0.292. The van der Waals surface area contributed by atoms with Gasteiger partial charge >= 0.3 is 0 Å². The zero-order valence-electron chi connectivity index (χ0n) is 17.0. The molecule has 148 valence electrons. The molecule has 2 rings (SSSR count). The molecule has 0 aromatic heterocycles. The van der Waals surface area contributed by atoms with Gasteiger partial charge in [-0.15, -0.1) is 0 Å². The molecule has 4 heteroatoms. The number of carbonyl (C=O) groups is 1. The van der Waals surface area contributed by atoms with Gasteiger partial charge in [0.2, 0.25) is 0 Å². The predicted octanol–water partition coefficient (Wildman–Crippen LogP) is 5.72. The Labute approximate surface area is 167 Å². The van der Waals surface area contributed by atoms with Crippen LogP contribution in [0.3, 0.4) is 0 Å². The Balaban J connectivity index is 2.16. The number of carbonyl (C=O) groups excluding carboxylic acids is 1. The van der Waals surface area contributed by atoms with E-state index in [1.165, 1.54) is 0 Å². The lowest BCUT2D eigenvalue weighted by Crippen LogP contribution is -2.08. The molecule has 4 nitrogen and oxygen atoms in total. The third-order valence-electron chi connectivity index (χ3n) is 3.58. The lowest BCUT2D eigenvalue weighted by atomic mass is 10.1. The lowest BCUT2D eigenvalue weighted by molar-refractivity contribution is 0.104. The van der Waals surface area contributed by atoms with Gasteiger partial charge < -0.3 is 14.2 Å². The van der Waals surface area contributed by atoms with Crippen LogP contribution in [-0.2, 0) is 0 Å². The summed E-state index contributed by atoms with van der Waals surface area (Å²) < 4.78 is 17.0. The largest absolute Gasteiger partial charge is 0.491 e. The molecule has 0 saturated heterocycles. The van der Waals surface area contributed by atoms with E-state index in [0.717, 1.165) is 5.56 Å². The highest BCUT2D eigenvalue weighted by Crippen LogP contribution is 2.26. The molecule has 0 radical (unpaired) electrons. The minimum Gasteiger partial charge on any atom is -0.491 e. The normalized spacial score (nSPS) is 11.1. The molecule has 0 aliphatic rings. The summed E-state index contributed by atoms with van der Waals surface area (Å²) in [6, 6.07) is 12.7. The fourth-order valence-corrected chi connectivity index (χ4v) is 2.51. The van der Waals surface area contributed by atoms with Crippen molar-refractivity contribution in [2.45, 2.75) is 39.9 Å². The number of hydrogen-bond acceptors (Lipinski definition) is 4. The summed E-state index contributed by atoms with van der Waals surface area (Å²) in [5.41, 5.74) is 1.43. The van der Waals surface area contributed by atoms with Crippen molar-refractivity contribution in [2.75, 3.05) is 6.61 Å². The number of allylic oxidation sites excluding steroid dienone is 1. The fourth-order valence-electron chi connectivity index (χ4n) is 2.51. The molecular formula is C24H28O4. The number of rotatable bonds is 10. The average Bonchev–Trinajstić information content (AvgIpc) is 2.63. The Morgan fingerprint density at radius 3 is 2.00 bits per heavy atom. The van der Waals surface area contributed by atoms with E-state index in [1.807, 2.05) is 45.9 Å². The van der Waals surface area contributed by atoms with Crippen LogP contribution in [0.5, 0.6) is 17.2 Å². The maximum Gasteiger partial charge on any atom is 0.185 e. The molecule has 0 aliphatic carbocycles. The first kappa shape index (κ1) is 21.3. The van der Waals surface area contributed by atoms with Crippen molar-refractivity contribution in [1.29, 1.82) is 0 Å². The van der Waals surface area contributed by atoms with Crippen molar-refractivity contribution in [3.05, 3.63) is 72.3 Å². The van der Waals surface area contributed by atoms with Crippen LogP contribution in [0, 0.1) is 0 Å². The smallest absolute Gasteiger partial charge is 0.185 e. The van der Waals surface area contributed by atoms with Gasteiger partial charge in [-0.2, -0.15) is 0 Å². The third-order valence-corrected chi connectivity index (χ3v) is 3.58. The van der Waals surface area contributed by atoms with Gasteiger partial charge in [-0.25, -0.2) is 0 Å². The zero-order chi connectivity index (χ0) is 20.5. The minimum atomic E-state index is -0.0863. The number of hydrogen-bond donors (Lipinski definition) is 0. The SMILES string of the molecule is C=CCOc1ccc(C(=O)C=Cc2cc(OC(C)C)cc(OC(C)C)c2)cc1. The second-order valence-corrected chi connectivity index (χ2v) is 6.89. The summed E-state index contributed by atoms with van der Waals surface area (Å²) in [6.07, 6.45) is 5.10. The molecule has 2 aromatic carbocycles. The first-order valence-corrected chi connectivity index (χ1v) is 9.42. The third kappa shape index (κ3) is 6.95. The summed E-state index contributed by atoms with van der Waals surface area (Å²) in [7, 11) is 0. The summed E-state index contributed by atoms with van der Waals surface area (Å²) in [6.45, 7) is 11.9. The van der Waals surface area contributed by atoms with E-state index < -0.39 is 0 Å². The van der Waals surface area contributed by atoms with Crippen molar-refractivity contribution >= 4 is 11.9 Å². The van der Waals surface area contributed by atoms with Gasteiger partial charge in [0.15, 0.2) is 5.78 Å². The molecule has 0 fully saturated rings. The Morgan fingerprint density at radius 1 is 0.929 bits per heavy atom. The average molecular weight is 380 g/mol. The molecule has 0 N–H and O–H groups in total. The topological polar surface area (TPSA) is 44.8 Å². The molecule has 0 spiro atoms. The van der Waals surface area contributed by atoms with Gasteiger partial charge in [0.25, 0.3) is 0 Å². The van der Waals surface area contributed by atoms with Gasteiger partial charge in [0.05, 0.1) is 12.2 Å². The van der Waals surface area contributed by atoms with E-state index in [2.05, 4.69) is 6.58 Å². The summed E-state index contributed by atoms with van der Waals surface area (Å²) in [4.78, 5) is 12.5. The van der Waals surface area contributed by atoms with E-state index in [0.29, 0.717) is 29.4 Å². The maximum absolute atomic E-state index is 12.5. The predicted molar refractivity (Wildman–Crippen MR) is 113 cm³/mol. The minimum absolute atomic E-state index is 0.0505. The summed E-state index contributed by atoms with van der Waals surface area (Å²) in [5, 5.41) is 0. The van der Waals surface area contributed by atoms with Crippen molar-refractivity contribution in [3.8, 4) is 17.2 Å². The quantitative estimate of drug-likeness (QED) is 0.300. The molecule has 2 aromatic rings. The number of ether oxygens (including phenoxy) is 3. The summed E-state index contributed by atoms with van der Waals surface area (Å²) >= 11 is 0. The van der Waals surface area contributed by atoms with Crippen LogP contribution in [0.25, 0.3) is 6.08 Å². The Bertz CT molecular complexity index is 789. The molecule has 0 amide bonds. The van der Waals surface area contributed by atoms with Gasteiger partial charge in [-0.3, -0.25) is 4.79 Å². The molecule has 0 saturated carbocycles. The first-order chi connectivity index (χ1) is 13.4. The van der Waals surface area contributed by atoms with E-state index in [4.69, 9.17) is 14.2 Å². The molecule has 0 bridgehead atoms. The van der Waals surface area contributed by atoms with Crippen LogP contribution in [-0.4, -0.2) is 24.6 Å². The van der Waals surface area contributed by atoms with Crippen molar-refractivity contribution in [3.63, 3.8) is 0 Å². The van der Waals surface area contributed by atoms with Gasteiger partial charge in [-0.05, 0) is 75.7 Å². The highest BCUT2D eigenvalue weighted by molar-refractivity contribution is 6.06. The van der Waals surface area contributed by atoms with Gasteiger partial charge in [-0.1, -0.05) is 18.7 Å². The second-order valence-electron chi connectivity index (χ2n) is 6.89. The van der Waals surface area contributed by atoms with E-state index in [9.17, 15) is 4.79 Å². The van der Waals surface area contributed by atoms with Crippen molar-refractivity contribution < 1.29 is 19.0 Å². The Kier molecular flexibility index (Phi) is 7.88. The Morgan fingerprint density at radius 2 is 1.50 bits per heavy atom. The highest BCUT2D eigenvalue weighted by atomic mass is 16.5. The number of benzene rings is 2. The van der Waals surface area contributed by atoms with Crippen molar-refractivity contribution in [2.24, 2.45) is 0 Å². The molecule has 0 atom stereocenters. The lowest BCUT2D eigenvalue weighted by Gasteiger charge is -2.14. The number of ketones is 1. The molecule has 28 heavy (non-hydrogen) atoms. The van der Waals surface area contributed by atoms with Crippen LogP contribution in [0.4, 0.5) is 0 Å². The van der Waals surface area contributed by atoms with Gasteiger partial charge in [0, 0.05) is 11.6 Å². The van der Waals surface area contributed by atoms with Gasteiger partial charge in [0.1, 0.15) is 23.9 Å². The summed E-state index contributed by atoms with van der Waals surface area (Å²) in [5.74, 6) is 2.04. The molecule has 0 heterocycles. The van der Waals surface area contributed by atoms with Crippen LogP contribution >= 0.6 is 0 Å². The monoisotopic (exact) mass is 380 g/mol. The highest BCUT2D eigenvalue weighted by Gasteiger charge is 2.07. The molecular weight excluding hydrogens is 352 g/mol. The van der Waals surface area contributed by atoms with E-state index in [-0.39, 0.29) is 18.0 Å². The van der Waals surface area contributed by atoms with Crippen LogP contribution in [0.2, 0.25) is 0 Å². The van der Waals surface area contributed by atoms with Crippen LogP contribution in [0.15, 0.2) is 61.2 Å². The second kappa shape index (κ2) is 10.4.